The minimum atomic E-state index is -0.251. The molecule has 104 valence electrons. The normalized spacial score (nSPS) is 10.5. The predicted molar refractivity (Wildman–Crippen MR) is 86.9 cm³/mol. The van der Waals surface area contributed by atoms with Crippen molar-refractivity contribution in [3.8, 4) is 16.8 Å². The topological polar surface area (TPSA) is 48.0 Å². The third-order valence-electron chi connectivity index (χ3n) is 3.30. The molecule has 4 heteroatoms. The zero-order chi connectivity index (χ0) is 14.8. The van der Waals surface area contributed by atoms with Gasteiger partial charge in [0.25, 0.3) is 5.56 Å². The Morgan fingerprint density at radius 2 is 1.71 bits per heavy atom. The first-order valence-electron chi connectivity index (χ1n) is 6.49. The molecule has 2 N–H and O–H groups in total. The molecule has 0 amide bonds. The Hall–Kier alpha value is -2.52. The smallest absolute Gasteiger partial charge is 0.278 e. The Kier molecular flexibility index (Phi) is 3.50. The summed E-state index contributed by atoms with van der Waals surface area (Å²) < 4.78 is 1.49. The highest BCUT2D eigenvalue weighted by Gasteiger charge is 2.09. The maximum Gasteiger partial charge on any atom is 0.278 e. The summed E-state index contributed by atoms with van der Waals surface area (Å²) in [6.07, 6.45) is 1.71. The lowest BCUT2D eigenvalue weighted by atomic mass is 10.1. The summed E-state index contributed by atoms with van der Waals surface area (Å²) in [6, 6.07) is 18.5. The largest absolute Gasteiger partial charge is 0.394 e. The highest BCUT2D eigenvalue weighted by Crippen LogP contribution is 2.23. The molecule has 21 heavy (non-hydrogen) atoms. The van der Waals surface area contributed by atoms with Crippen LogP contribution in [0.5, 0.6) is 0 Å². The average Bonchev–Trinajstić information content (AvgIpc) is 2.51. The first kappa shape index (κ1) is 13.5. The van der Waals surface area contributed by atoms with Gasteiger partial charge in [-0.3, -0.25) is 9.36 Å². The summed E-state index contributed by atoms with van der Waals surface area (Å²) >= 11 is 5.97. The molecule has 0 bridgehead atoms. The molecule has 0 saturated carbocycles. The van der Waals surface area contributed by atoms with Gasteiger partial charge in [-0.1, -0.05) is 48.0 Å². The van der Waals surface area contributed by atoms with E-state index in [1.54, 1.807) is 24.4 Å². The van der Waals surface area contributed by atoms with Crippen molar-refractivity contribution in [1.82, 2.24) is 4.57 Å². The Labute approximate surface area is 127 Å². The zero-order valence-electron chi connectivity index (χ0n) is 11.2. The van der Waals surface area contributed by atoms with Gasteiger partial charge >= 0.3 is 0 Å². The number of halogens is 1. The van der Waals surface area contributed by atoms with E-state index in [2.05, 4.69) is 0 Å². The van der Waals surface area contributed by atoms with Crippen LogP contribution in [0.25, 0.3) is 16.8 Å². The molecule has 2 aromatic carbocycles. The highest BCUT2D eigenvalue weighted by atomic mass is 35.5. The van der Waals surface area contributed by atoms with Crippen LogP contribution in [0.15, 0.2) is 71.7 Å². The third kappa shape index (κ3) is 2.56. The van der Waals surface area contributed by atoms with E-state index in [4.69, 9.17) is 17.3 Å². The summed E-state index contributed by atoms with van der Waals surface area (Å²) in [4.78, 5) is 12.5. The van der Waals surface area contributed by atoms with Gasteiger partial charge in [-0.2, -0.15) is 0 Å². The van der Waals surface area contributed by atoms with Gasteiger partial charge < -0.3 is 5.73 Å². The number of nitrogens with two attached hydrogens (primary N) is 1. The molecule has 0 fully saturated rings. The molecule has 0 saturated heterocycles. The number of nitrogen functional groups attached to an aromatic ring is 1. The average molecular weight is 297 g/mol. The SMILES string of the molecule is Nc1c(-c2ccccc2)ccn(-c2cccc(Cl)c2)c1=O. The second-order valence-electron chi connectivity index (χ2n) is 4.66. The fourth-order valence-electron chi connectivity index (χ4n) is 2.25. The number of hydrogen-bond acceptors (Lipinski definition) is 2. The van der Waals surface area contributed by atoms with Gasteiger partial charge in [0.2, 0.25) is 0 Å². The monoisotopic (exact) mass is 296 g/mol. The molecule has 0 spiro atoms. The van der Waals surface area contributed by atoms with Crippen LogP contribution in [0.4, 0.5) is 5.69 Å². The quantitative estimate of drug-likeness (QED) is 0.783. The second-order valence-corrected chi connectivity index (χ2v) is 5.10. The van der Waals surface area contributed by atoms with E-state index in [1.807, 2.05) is 42.5 Å². The Bertz CT molecular complexity index is 841. The third-order valence-corrected chi connectivity index (χ3v) is 3.54. The van der Waals surface area contributed by atoms with Crippen molar-refractivity contribution < 1.29 is 0 Å². The van der Waals surface area contributed by atoms with Gasteiger partial charge in [-0.25, -0.2) is 0 Å². The Morgan fingerprint density at radius 1 is 0.952 bits per heavy atom. The molecule has 0 radical (unpaired) electrons. The Morgan fingerprint density at radius 3 is 2.43 bits per heavy atom. The standard InChI is InChI=1S/C17H13ClN2O/c18-13-7-4-8-14(11-13)20-10-9-15(16(19)17(20)21)12-5-2-1-3-6-12/h1-11H,19H2. The molecule has 0 aliphatic rings. The second kappa shape index (κ2) is 5.46. The minimum absolute atomic E-state index is 0.226. The fraction of sp³-hybridized carbons (Fsp3) is 0. The van der Waals surface area contributed by atoms with Gasteiger partial charge in [-0.05, 0) is 29.8 Å². The summed E-state index contributed by atoms with van der Waals surface area (Å²) in [5.74, 6) is 0. The molecular weight excluding hydrogens is 284 g/mol. The minimum Gasteiger partial charge on any atom is -0.394 e. The van der Waals surface area contributed by atoms with Crippen LogP contribution in [0, 0.1) is 0 Å². The molecule has 0 aliphatic heterocycles. The predicted octanol–water partition coefficient (Wildman–Crippen LogP) is 3.74. The van der Waals surface area contributed by atoms with Crippen LogP contribution in [0.3, 0.4) is 0 Å². The van der Waals surface area contributed by atoms with Crippen LogP contribution in [0.2, 0.25) is 5.02 Å². The lowest BCUT2D eigenvalue weighted by molar-refractivity contribution is 0.996. The maximum atomic E-state index is 12.5. The van der Waals surface area contributed by atoms with Crippen molar-refractivity contribution in [2.75, 3.05) is 5.73 Å². The zero-order valence-corrected chi connectivity index (χ0v) is 11.9. The molecule has 3 nitrogen and oxygen atoms in total. The lowest BCUT2D eigenvalue weighted by Gasteiger charge is -2.10. The van der Waals surface area contributed by atoms with Crippen LogP contribution in [-0.4, -0.2) is 4.57 Å². The summed E-state index contributed by atoms with van der Waals surface area (Å²) in [6.45, 7) is 0. The number of aromatic nitrogens is 1. The summed E-state index contributed by atoms with van der Waals surface area (Å²) in [5, 5.41) is 0.574. The number of anilines is 1. The van der Waals surface area contributed by atoms with Gasteiger partial charge in [0.15, 0.2) is 0 Å². The van der Waals surface area contributed by atoms with Crippen molar-refractivity contribution >= 4 is 17.3 Å². The maximum absolute atomic E-state index is 12.5. The van der Waals surface area contributed by atoms with Crippen LogP contribution in [0.1, 0.15) is 0 Å². The van der Waals surface area contributed by atoms with Gasteiger partial charge in [-0.15, -0.1) is 0 Å². The van der Waals surface area contributed by atoms with Crippen molar-refractivity contribution in [1.29, 1.82) is 0 Å². The van der Waals surface area contributed by atoms with Crippen LogP contribution >= 0.6 is 11.6 Å². The van der Waals surface area contributed by atoms with Crippen molar-refractivity contribution in [3.63, 3.8) is 0 Å². The van der Waals surface area contributed by atoms with E-state index >= 15 is 0 Å². The summed E-state index contributed by atoms with van der Waals surface area (Å²) in [5.41, 5.74) is 8.35. The van der Waals surface area contributed by atoms with E-state index in [0.29, 0.717) is 10.7 Å². The van der Waals surface area contributed by atoms with E-state index in [0.717, 1.165) is 11.1 Å². The number of pyridine rings is 1. The highest BCUT2D eigenvalue weighted by molar-refractivity contribution is 6.30. The molecule has 0 aliphatic carbocycles. The van der Waals surface area contributed by atoms with E-state index in [1.165, 1.54) is 4.57 Å². The van der Waals surface area contributed by atoms with Crippen molar-refractivity contribution in [2.24, 2.45) is 0 Å². The first-order valence-corrected chi connectivity index (χ1v) is 6.87. The van der Waals surface area contributed by atoms with E-state index in [-0.39, 0.29) is 11.2 Å². The van der Waals surface area contributed by atoms with Gasteiger partial charge in [0.05, 0.1) is 5.69 Å². The molecule has 0 atom stereocenters. The van der Waals surface area contributed by atoms with Crippen LogP contribution < -0.4 is 11.3 Å². The molecule has 0 unspecified atom stereocenters. The fourth-order valence-corrected chi connectivity index (χ4v) is 2.43. The first-order chi connectivity index (χ1) is 10.2. The Balaban J connectivity index is 2.16. The summed E-state index contributed by atoms with van der Waals surface area (Å²) in [7, 11) is 0. The van der Waals surface area contributed by atoms with E-state index in [9.17, 15) is 4.79 Å². The van der Waals surface area contributed by atoms with Crippen LogP contribution in [-0.2, 0) is 0 Å². The molecule has 3 aromatic rings. The van der Waals surface area contributed by atoms with E-state index < -0.39 is 0 Å². The van der Waals surface area contributed by atoms with Crippen molar-refractivity contribution in [2.45, 2.75) is 0 Å². The molecule has 1 heterocycles. The molecule has 1 aromatic heterocycles. The lowest BCUT2D eigenvalue weighted by Crippen LogP contribution is -2.21. The number of nitrogens with zero attached hydrogens (tertiary/aromatic N) is 1. The number of hydrogen-bond donors (Lipinski definition) is 1. The number of rotatable bonds is 2. The molecule has 3 rings (SSSR count). The van der Waals surface area contributed by atoms with Gasteiger partial charge in [0, 0.05) is 16.8 Å². The molecular formula is C17H13ClN2O. The number of benzene rings is 2. The van der Waals surface area contributed by atoms with Crippen molar-refractivity contribution in [3.05, 3.63) is 82.2 Å². The van der Waals surface area contributed by atoms with Gasteiger partial charge in [0.1, 0.15) is 5.69 Å².